The third kappa shape index (κ3) is 3.46. The van der Waals surface area contributed by atoms with E-state index in [-0.39, 0.29) is 6.04 Å². The maximum Gasteiger partial charge on any atom is 0.137 e. The van der Waals surface area contributed by atoms with Crippen LogP contribution in [-0.4, -0.2) is 61.7 Å². The Bertz CT molecular complexity index is 428. The van der Waals surface area contributed by atoms with Gasteiger partial charge in [0.05, 0.1) is 19.3 Å². The van der Waals surface area contributed by atoms with Gasteiger partial charge in [-0.2, -0.15) is 0 Å². The Morgan fingerprint density at radius 1 is 1.40 bits per heavy atom. The second kappa shape index (κ2) is 6.99. The highest BCUT2D eigenvalue weighted by molar-refractivity contribution is 5.27. The van der Waals surface area contributed by atoms with Crippen LogP contribution in [0.2, 0.25) is 0 Å². The van der Waals surface area contributed by atoms with E-state index in [2.05, 4.69) is 34.3 Å². The summed E-state index contributed by atoms with van der Waals surface area (Å²) in [6.45, 7) is 3.17. The molecule has 3 N–H and O–H groups in total. The molecule has 1 aliphatic heterocycles. The molecular weight excluding hydrogens is 254 g/mol. The number of hydrogen-bond donors (Lipinski definition) is 2. The lowest BCUT2D eigenvalue weighted by atomic mass is 10.00. The van der Waals surface area contributed by atoms with Crippen LogP contribution in [0.5, 0.6) is 5.75 Å². The highest BCUT2D eigenvalue weighted by Crippen LogP contribution is 2.24. The Balaban J connectivity index is 2.24. The van der Waals surface area contributed by atoms with Crippen LogP contribution in [0.25, 0.3) is 0 Å². The van der Waals surface area contributed by atoms with Crippen LogP contribution in [0.15, 0.2) is 18.5 Å². The summed E-state index contributed by atoms with van der Waals surface area (Å²) in [4.78, 5) is 8.96. The topological polar surface area (TPSA) is 66.7 Å². The summed E-state index contributed by atoms with van der Waals surface area (Å²) in [5.74, 6) is 6.58. The van der Waals surface area contributed by atoms with E-state index in [4.69, 9.17) is 10.6 Å². The van der Waals surface area contributed by atoms with E-state index in [9.17, 15) is 0 Å². The predicted octanol–water partition coefficient (Wildman–Crippen LogP) is 0.231. The van der Waals surface area contributed by atoms with Crippen LogP contribution in [0.4, 0.5) is 0 Å². The number of hydrazine groups is 1. The number of nitrogens with zero attached hydrogens (tertiary/aromatic N) is 3. The summed E-state index contributed by atoms with van der Waals surface area (Å²) in [5.41, 5.74) is 4.01. The van der Waals surface area contributed by atoms with Crippen molar-refractivity contribution in [3.05, 3.63) is 24.0 Å². The molecule has 1 aromatic rings. The number of ether oxygens (including phenoxy) is 1. The van der Waals surface area contributed by atoms with Crippen molar-refractivity contribution in [1.29, 1.82) is 0 Å². The number of likely N-dealkylation sites (N-methyl/N-ethyl adjacent to an activating group) is 2. The molecule has 6 nitrogen and oxygen atoms in total. The van der Waals surface area contributed by atoms with Crippen molar-refractivity contribution < 1.29 is 4.74 Å². The number of methoxy groups -OCH3 is 1. The summed E-state index contributed by atoms with van der Waals surface area (Å²) in [7, 11) is 5.96. The normalized spacial score (nSPS) is 23.3. The maximum atomic E-state index is 5.82. The zero-order valence-electron chi connectivity index (χ0n) is 12.5. The van der Waals surface area contributed by atoms with Gasteiger partial charge in [0.2, 0.25) is 0 Å². The van der Waals surface area contributed by atoms with Crippen LogP contribution in [0.1, 0.15) is 18.0 Å². The molecule has 2 heterocycles. The van der Waals surface area contributed by atoms with Gasteiger partial charge >= 0.3 is 0 Å². The van der Waals surface area contributed by atoms with Crippen molar-refractivity contribution in [2.75, 3.05) is 40.8 Å². The summed E-state index contributed by atoms with van der Waals surface area (Å²) >= 11 is 0. The van der Waals surface area contributed by atoms with Crippen LogP contribution < -0.4 is 16.0 Å². The lowest BCUT2D eigenvalue weighted by Crippen LogP contribution is -2.48. The molecule has 0 saturated carbocycles. The first-order chi connectivity index (χ1) is 9.65. The van der Waals surface area contributed by atoms with Crippen LogP contribution >= 0.6 is 0 Å². The first kappa shape index (κ1) is 15.2. The highest BCUT2D eigenvalue weighted by atomic mass is 16.5. The van der Waals surface area contributed by atoms with E-state index < -0.39 is 0 Å². The molecule has 0 bridgehead atoms. The minimum Gasteiger partial charge on any atom is -0.495 e. The molecule has 2 unspecified atom stereocenters. The number of nitrogens with one attached hydrogen (secondary N) is 1. The maximum absolute atomic E-state index is 5.82. The largest absolute Gasteiger partial charge is 0.495 e. The summed E-state index contributed by atoms with van der Waals surface area (Å²) < 4.78 is 5.25. The number of pyridine rings is 1. The molecule has 0 aromatic carbocycles. The summed E-state index contributed by atoms with van der Waals surface area (Å²) in [6.07, 6.45) is 4.74. The van der Waals surface area contributed by atoms with Gasteiger partial charge in [0, 0.05) is 18.8 Å². The van der Waals surface area contributed by atoms with Gasteiger partial charge in [-0.25, -0.2) is 0 Å². The van der Waals surface area contributed by atoms with Crippen molar-refractivity contribution in [1.82, 2.24) is 20.2 Å². The van der Waals surface area contributed by atoms with Crippen molar-refractivity contribution in [3.63, 3.8) is 0 Å². The molecule has 0 spiro atoms. The Hall–Kier alpha value is -1.21. The second-order valence-corrected chi connectivity index (χ2v) is 5.47. The molecule has 20 heavy (non-hydrogen) atoms. The summed E-state index contributed by atoms with van der Waals surface area (Å²) in [5, 5.41) is 0. The Kier molecular flexibility index (Phi) is 5.31. The fourth-order valence-corrected chi connectivity index (χ4v) is 2.81. The summed E-state index contributed by atoms with van der Waals surface area (Å²) in [6, 6.07) is 2.33. The SMILES string of the molecule is COc1cncc(C(NN)C2CN(C)CCCN2C)c1. The minimum absolute atomic E-state index is 0.0307. The molecule has 2 atom stereocenters. The van der Waals surface area contributed by atoms with E-state index in [0.29, 0.717) is 6.04 Å². The molecule has 1 aliphatic rings. The van der Waals surface area contributed by atoms with Crippen LogP contribution in [0, 0.1) is 0 Å². The van der Waals surface area contributed by atoms with Gasteiger partial charge < -0.3 is 14.5 Å². The zero-order valence-corrected chi connectivity index (χ0v) is 12.5. The molecule has 112 valence electrons. The minimum atomic E-state index is 0.0307. The molecule has 1 fully saturated rings. The average Bonchev–Trinajstić information content (AvgIpc) is 2.62. The number of rotatable bonds is 4. The first-order valence-electron chi connectivity index (χ1n) is 6.99. The number of hydrogen-bond acceptors (Lipinski definition) is 6. The fraction of sp³-hybridized carbons (Fsp3) is 0.643. The average molecular weight is 279 g/mol. The van der Waals surface area contributed by atoms with Crippen molar-refractivity contribution in [3.8, 4) is 5.75 Å². The molecule has 1 saturated heterocycles. The quantitative estimate of drug-likeness (QED) is 0.607. The van der Waals surface area contributed by atoms with E-state index >= 15 is 0 Å². The molecule has 0 radical (unpaired) electrons. The molecule has 2 rings (SSSR count). The van der Waals surface area contributed by atoms with Gasteiger partial charge in [0.1, 0.15) is 5.75 Å². The Labute approximate surface area is 120 Å². The monoisotopic (exact) mass is 279 g/mol. The van der Waals surface area contributed by atoms with Crippen molar-refractivity contribution in [2.24, 2.45) is 5.84 Å². The highest BCUT2D eigenvalue weighted by Gasteiger charge is 2.29. The molecular formula is C14H25N5O. The lowest BCUT2D eigenvalue weighted by molar-refractivity contribution is 0.178. The Morgan fingerprint density at radius 2 is 2.20 bits per heavy atom. The first-order valence-corrected chi connectivity index (χ1v) is 6.99. The third-order valence-corrected chi connectivity index (χ3v) is 4.01. The van der Waals surface area contributed by atoms with Gasteiger partial charge in [-0.15, -0.1) is 0 Å². The number of aromatic nitrogens is 1. The van der Waals surface area contributed by atoms with Crippen molar-refractivity contribution in [2.45, 2.75) is 18.5 Å². The van der Waals surface area contributed by atoms with Gasteiger partial charge in [-0.05, 0) is 45.2 Å². The van der Waals surface area contributed by atoms with Gasteiger partial charge in [-0.3, -0.25) is 16.3 Å². The number of nitrogens with two attached hydrogens (primary N) is 1. The van der Waals surface area contributed by atoms with Gasteiger partial charge in [0.25, 0.3) is 0 Å². The fourth-order valence-electron chi connectivity index (χ4n) is 2.81. The lowest BCUT2D eigenvalue weighted by Gasteiger charge is -2.34. The van der Waals surface area contributed by atoms with Crippen LogP contribution in [-0.2, 0) is 0 Å². The van der Waals surface area contributed by atoms with Crippen LogP contribution in [0.3, 0.4) is 0 Å². The Morgan fingerprint density at radius 3 is 2.90 bits per heavy atom. The van der Waals surface area contributed by atoms with Crippen molar-refractivity contribution >= 4 is 0 Å². The van der Waals surface area contributed by atoms with Gasteiger partial charge in [0.15, 0.2) is 0 Å². The molecule has 6 heteroatoms. The standard InChI is InChI=1S/C14H25N5O/c1-18-5-4-6-19(2)13(10-18)14(17-15)11-7-12(20-3)9-16-8-11/h7-9,13-14,17H,4-6,10,15H2,1-3H3. The molecule has 0 amide bonds. The third-order valence-electron chi connectivity index (χ3n) is 4.01. The van der Waals surface area contributed by atoms with E-state index in [1.165, 1.54) is 6.42 Å². The van der Waals surface area contributed by atoms with E-state index in [1.54, 1.807) is 13.3 Å². The smallest absolute Gasteiger partial charge is 0.137 e. The van der Waals surface area contributed by atoms with Gasteiger partial charge in [-0.1, -0.05) is 0 Å². The molecule has 1 aromatic heterocycles. The second-order valence-electron chi connectivity index (χ2n) is 5.47. The van der Waals surface area contributed by atoms with E-state index in [1.807, 2.05) is 12.3 Å². The molecule has 0 aliphatic carbocycles. The zero-order chi connectivity index (χ0) is 14.5. The predicted molar refractivity (Wildman–Crippen MR) is 79.4 cm³/mol. The van der Waals surface area contributed by atoms with E-state index in [0.717, 1.165) is 30.9 Å².